The number of nitrogens with zero attached hydrogens (tertiary/aromatic N) is 1. The largest absolute Gasteiger partial charge is 0.481 e. The van der Waals surface area contributed by atoms with Gasteiger partial charge in [-0.3, -0.25) is 9.59 Å². The third-order valence-corrected chi connectivity index (χ3v) is 7.75. The van der Waals surface area contributed by atoms with Gasteiger partial charge in [-0.05, 0) is 93.4 Å². The first-order chi connectivity index (χ1) is 16.1. The van der Waals surface area contributed by atoms with E-state index in [4.69, 9.17) is 4.52 Å². The predicted octanol–water partition coefficient (Wildman–Crippen LogP) is 6.60. The van der Waals surface area contributed by atoms with Crippen LogP contribution in [0.4, 0.5) is 5.69 Å². The number of carbonyl (C=O) groups is 2. The minimum absolute atomic E-state index is 0.0744. The van der Waals surface area contributed by atoms with Crippen molar-refractivity contribution in [2.45, 2.75) is 97.3 Å². The molecule has 4 rings (SSSR count). The zero-order valence-electron chi connectivity index (χ0n) is 21.1. The summed E-state index contributed by atoms with van der Waals surface area (Å²) in [4.78, 5) is 24.7. The van der Waals surface area contributed by atoms with Crippen molar-refractivity contribution < 1.29 is 19.2 Å². The third kappa shape index (κ3) is 5.37. The highest BCUT2D eigenvalue weighted by molar-refractivity contribution is 5.92. The van der Waals surface area contributed by atoms with Crippen molar-refractivity contribution in [3.05, 3.63) is 45.8 Å². The summed E-state index contributed by atoms with van der Waals surface area (Å²) in [5.41, 5.74) is 5.93. The minimum Gasteiger partial charge on any atom is -0.481 e. The molecule has 0 radical (unpaired) electrons. The van der Waals surface area contributed by atoms with Crippen LogP contribution in [0.5, 0.6) is 0 Å². The van der Waals surface area contributed by atoms with E-state index in [0.29, 0.717) is 23.4 Å². The second kappa shape index (κ2) is 9.93. The van der Waals surface area contributed by atoms with E-state index < -0.39 is 11.9 Å². The normalized spacial score (nSPS) is 20.8. The molecular weight excluding hydrogens is 428 g/mol. The fraction of sp³-hybridized carbons (Fsp3) is 0.607. The van der Waals surface area contributed by atoms with Crippen LogP contribution in [-0.2, 0) is 9.59 Å². The summed E-state index contributed by atoms with van der Waals surface area (Å²) < 4.78 is 5.89. The summed E-state index contributed by atoms with van der Waals surface area (Å²) in [6.45, 7) is 10.6. The third-order valence-electron chi connectivity index (χ3n) is 7.75. The second-order valence-corrected chi connectivity index (χ2v) is 11.0. The molecule has 2 saturated carbocycles. The molecular formula is C28H38N2O4. The maximum atomic E-state index is 13.0. The number of aromatic nitrogens is 1. The van der Waals surface area contributed by atoms with Gasteiger partial charge in [-0.1, -0.05) is 25.1 Å². The SMILES string of the molecule is Cc1ccc(NC(=O)C[C@H](CC(=O)O)c2noc(C3CC(CC(C)C)C3)c2C2CC2)c(C)c1C. The zero-order chi connectivity index (χ0) is 24.6. The van der Waals surface area contributed by atoms with Gasteiger partial charge in [0.05, 0.1) is 12.1 Å². The van der Waals surface area contributed by atoms with Crippen molar-refractivity contribution in [2.24, 2.45) is 11.8 Å². The Kier molecular flexibility index (Phi) is 7.15. The molecule has 0 aliphatic heterocycles. The summed E-state index contributed by atoms with van der Waals surface area (Å²) >= 11 is 0. The van der Waals surface area contributed by atoms with Crippen molar-refractivity contribution in [2.75, 3.05) is 5.32 Å². The Labute approximate surface area is 202 Å². The van der Waals surface area contributed by atoms with E-state index in [1.54, 1.807) is 0 Å². The number of hydrogen-bond acceptors (Lipinski definition) is 4. The van der Waals surface area contributed by atoms with E-state index in [-0.39, 0.29) is 18.7 Å². The van der Waals surface area contributed by atoms with E-state index in [0.717, 1.165) is 59.7 Å². The molecule has 184 valence electrons. The zero-order valence-corrected chi connectivity index (χ0v) is 21.1. The van der Waals surface area contributed by atoms with Crippen molar-refractivity contribution in [1.29, 1.82) is 0 Å². The molecule has 34 heavy (non-hydrogen) atoms. The molecule has 0 spiro atoms. The van der Waals surface area contributed by atoms with Gasteiger partial charge < -0.3 is 14.9 Å². The number of amides is 1. The fourth-order valence-corrected chi connectivity index (χ4v) is 5.50. The van der Waals surface area contributed by atoms with E-state index in [1.165, 1.54) is 12.0 Å². The highest BCUT2D eigenvalue weighted by Crippen LogP contribution is 2.52. The first-order valence-corrected chi connectivity index (χ1v) is 12.7. The van der Waals surface area contributed by atoms with E-state index in [2.05, 4.69) is 24.3 Å². The molecule has 2 aromatic rings. The molecule has 6 heteroatoms. The minimum atomic E-state index is -0.924. The number of anilines is 1. The quantitative estimate of drug-likeness (QED) is 0.411. The number of carbonyl (C=O) groups excluding carboxylic acids is 1. The first kappa shape index (κ1) is 24.5. The van der Waals surface area contributed by atoms with Gasteiger partial charge in [0, 0.05) is 29.5 Å². The van der Waals surface area contributed by atoms with Crippen LogP contribution in [0.3, 0.4) is 0 Å². The molecule has 0 unspecified atom stereocenters. The number of aryl methyl sites for hydroxylation is 1. The molecule has 2 N–H and O–H groups in total. The topological polar surface area (TPSA) is 92.4 Å². The lowest BCUT2D eigenvalue weighted by molar-refractivity contribution is -0.137. The van der Waals surface area contributed by atoms with Crippen LogP contribution >= 0.6 is 0 Å². The number of rotatable bonds is 10. The first-order valence-electron chi connectivity index (χ1n) is 12.7. The van der Waals surface area contributed by atoms with E-state index in [9.17, 15) is 14.7 Å². The molecule has 2 fully saturated rings. The summed E-state index contributed by atoms with van der Waals surface area (Å²) in [7, 11) is 0. The molecule has 1 amide bonds. The Morgan fingerprint density at radius 2 is 1.79 bits per heavy atom. The summed E-state index contributed by atoms with van der Waals surface area (Å²) in [5, 5.41) is 17.0. The molecule has 1 aromatic carbocycles. The smallest absolute Gasteiger partial charge is 0.304 e. The van der Waals surface area contributed by atoms with Crippen LogP contribution in [0.15, 0.2) is 16.7 Å². The monoisotopic (exact) mass is 466 g/mol. The van der Waals surface area contributed by atoms with Gasteiger partial charge in [0.2, 0.25) is 5.91 Å². The molecule has 0 bridgehead atoms. The fourth-order valence-electron chi connectivity index (χ4n) is 5.50. The Morgan fingerprint density at radius 1 is 1.09 bits per heavy atom. The van der Waals surface area contributed by atoms with Gasteiger partial charge in [0.25, 0.3) is 0 Å². The molecule has 2 aliphatic rings. The van der Waals surface area contributed by atoms with Crippen molar-refractivity contribution in [3.63, 3.8) is 0 Å². The Hall–Kier alpha value is -2.63. The van der Waals surface area contributed by atoms with Crippen LogP contribution in [0.2, 0.25) is 0 Å². The van der Waals surface area contributed by atoms with Gasteiger partial charge in [0.15, 0.2) is 0 Å². The molecule has 1 aromatic heterocycles. The van der Waals surface area contributed by atoms with Gasteiger partial charge >= 0.3 is 5.97 Å². The number of nitrogens with one attached hydrogen (secondary N) is 1. The second-order valence-electron chi connectivity index (χ2n) is 11.0. The van der Waals surface area contributed by atoms with Gasteiger partial charge in [-0.2, -0.15) is 0 Å². The van der Waals surface area contributed by atoms with Crippen LogP contribution in [0.25, 0.3) is 0 Å². The van der Waals surface area contributed by atoms with E-state index >= 15 is 0 Å². The lowest BCUT2D eigenvalue weighted by Gasteiger charge is -2.35. The predicted molar refractivity (Wildman–Crippen MR) is 132 cm³/mol. The summed E-state index contributed by atoms with van der Waals surface area (Å²) in [6.07, 6.45) is 5.56. The lowest BCUT2D eigenvalue weighted by Crippen LogP contribution is -2.24. The van der Waals surface area contributed by atoms with Gasteiger partial charge in [-0.25, -0.2) is 0 Å². The average Bonchev–Trinajstić information content (AvgIpc) is 3.48. The summed E-state index contributed by atoms with van der Waals surface area (Å²) in [5.74, 6) is 1.53. The number of carboxylic acids is 1. The Balaban J connectivity index is 1.53. The molecule has 1 atom stereocenters. The van der Waals surface area contributed by atoms with Crippen LogP contribution in [0.1, 0.15) is 110 Å². The van der Waals surface area contributed by atoms with Crippen LogP contribution in [-0.4, -0.2) is 22.1 Å². The number of carboxylic acid groups (broad SMARTS) is 1. The lowest BCUT2D eigenvalue weighted by atomic mass is 9.69. The average molecular weight is 467 g/mol. The van der Waals surface area contributed by atoms with E-state index in [1.807, 2.05) is 32.9 Å². The van der Waals surface area contributed by atoms with Gasteiger partial charge in [0.1, 0.15) is 5.76 Å². The number of hydrogen-bond donors (Lipinski definition) is 2. The standard InChI is InChI=1S/C28H38N2O4/c1-15(2)10-19-11-22(12-19)28-26(20-7-8-20)27(30-34-28)21(14-25(32)33)13-24(31)29-23-9-6-16(3)17(4)18(23)5/h6,9,15,19-22H,7-8,10-14H2,1-5H3,(H,29,31)(H,32,33)/t19?,21-,22?/m1/s1. The van der Waals surface area contributed by atoms with Gasteiger partial charge in [-0.15, -0.1) is 0 Å². The molecule has 6 nitrogen and oxygen atoms in total. The van der Waals surface area contributed by atoms with Crippen LogP contribution < -0.4 is 5.32 Å². The number of benzene rings is 1. The molecule has 0 saturated heterocycles. The maximum Gasteiger partial charge on any atom is 0.304 e. The maximum absolute atomic E-state index is 13.0. The van der Waals surface area contributed by atoms with Crippen molar-refractivity contribution >= 4 is 17.6 Å². The summed E-state index contributed by atoms with van der Waals surface area (Å²) in [6, 6.07) is 3.91. The van der Waals surface area contributed by atoms with Crippen LogP contribution in [0, 0.1) is 32.6 Å². The number of aliphatic carboxylic acids is 1. The highest BCUT2D eigenvalue weighted by atomic mass is 16.5. The molecule has 1 heterocycles. The Morgan fingerprint density at radius 3 is 2.41 bits per heavy atom. The molecule has 2 aliphatic carbocycles. The Bertz CT molecular complexity index is 1060. The van der Waals surface area contributed by atoms with Crippen molar-refractivity contribution in [3.8, 4) is 0 Å². The van der Waals surface area contributed by atoms with Crippen molar-refractivity contribution in [1.82, 2.24) is 5.16 Å². The highest BCUT2D eigenvalue weighted by Gasteiger charge is 2.42.